The van der Waals surface area contributed by atoms with E-state index in [1.807, 2.05) is 32.8 Å². The number of carbonyl (C=O) groups excluding carboxylic acids is 2. The molecule has 3 saturated heterocycles. The molecule has 3 aliphatic rings. The van der Waals surface area contributed by atoms with Crippen LogP contribution < -0.4 is 0 Å². The molecule has 0 spiro atoms. The van der Waals surface area contributed by atoms with Crippen LogP contribution in [-0.4, -0.2) is 61.0 Å². The van der Waals surface area contributed by atoms with Gasteiger partial charge in [0.25, 0.3) is 0 Å². The number of likely N-dealkylation sites (tertiary alicyclic amines) is 1. The number of rotatable bonds is 3. The van der Waals surface area contributed by atoms with Crippen molar-refractivity contribution in [2.75, 3.05) is 27.2 Å². The molecule has 0 aromatic carbocycles. The summed E-state index contributed by atoms with van der Waals surface area (Å²) in [4.78, 5) is 28.9. The molecule has 0 N–H and O–H groups in total. The lowest BCUT2D eigenvalue weighted by Crippen LogP contribution is -2.48. The van der Waals surface area contributed by atoms with Crippen molar-refractivity contribution in [2.45, 2.75) is 38.9 Å². The van der Waals surface area contributed by atoms with E-state index in [0.717, 1.165) is 12.8 Å². The molecule has 2 amide bonds. The molecule has 0 aromatic rings. The van der Waals surface area contributed by atoms with E-state index in [-0.39, 0.29) is 24.0 Å². The quantitative estimate of drug-likeness (QED) is 0.698. The SMILES string of the molecule is CN(C)CCN1C(=O)[C@@]2(C)[C@@H]3CC[C@H](O3)[C@]2(C)C1=O. The van der Waals surface area contributed by atoms with Crippen LogP contribution in [-0.2, 0) is 14.3 Å². The normalized spacial score (nSPS) is 44.6. The summed E-state index contributed by atoms with van der Waals surface area (Å²) in [6.45, 7) is 5.04. The zero-order valence-corrected chi connectivity index (χ0v) is 12.1. The van der Waals surface area contributed by atoms with Crippen molar-refractivity contribution >= 4 is 11.8 Å². The third-order valence-electron chi connectivity index (χ3n) is 5.54. The van der Waals surface area contributed by atoms with Crippen molar-refractivity contribution in [3.63, 3.8) is 0 Å². The third kappa shape index (κ3) is 1.32. The Hall–Kier alpha value is -0.940. The summed E-state index contributed by atoms with van der Waals surface area (Å²) in [5, 5.41) is 0. The van der Waals surface area contributed by atoms with Crippen LogP contribution in [0.4, 0.5) is 0 Å². The fraction of sp³-hybridized carbons (Fsp3) is 0.857. The van der Waals surface area contributed by atoms with Gasteiger partial charge in [0.2, 0.25) is 11.8 Å². The van der Waals surface area contributed by atoms with Crippen molar-refractivity contribution in [3.05, 3.63) is 0 Å². The Morgan fingerprint density at radius 1 is 1.16 bits per heavy atom. The average molecular weight is 266 g/mol. The van der Waals surface area contributed by atoms with Crippen LogP contribution in [0.15, 0.2) is 0 Å². The number of carbonyl (C=O) groups is 2. The van der Waals surface area contributed by atoms with E-state index in [1.54, 1.807) is 0 Å². The molecule has 0 unspecified atom stereocenters. The fourth-order valence-corrected chi connectivity index (χ4v) is 4.03. The molecule has 3 rings (SSSR count). The number of nitrogens with zero attached hydrogens (tertiary/aromatic N) is 2. The number of likely N-dealkylation sites (N-methyl/N-ethyl adjacent to an activating group) is 1. The number of fused-ring (bicyclic) bond motifs is 5. The highest BCUT2D eigenvalue weighted by atomic mass is 16.5. The van der Waals surface area contributed by atoms with Crippen LogP contribution in [0.5, 0.6) is 0 Å². The first kappa shape index (κ1) is 13.1. The van der Waals surface area contributed by atoms with Gasteiger partial charge in [-0.2, -0.15) is 0 Å². The lowest BCUT2D eigenvalue weighted by molar-refractivity contribution is -0.145. The Labute approximate surface area is 113 Å². The minimum Gasteiger partial charge on any atom is -0.373 e. The maximum atomic E-state index is 12.7. The summed E-state index contributed by atoms with van der Waals surface area (Å²) in [6, 6.07) is 0. The Bertz CT molecular complexity index is 416. The first-order valence-electron chi connectivity index (χ1n) is 7.00. The van der Waals surface area contributed by atoms with E-state index >= 15 is 0 Å². The molecule has 4 atom stereocenters. The van der Waals surface area contributed by atoms with Crippen molar-refractivity contribution < 1.29 is 14.3 Å². The van der Waals surface area contributed by atoms with Gasteiger partial charge < -0.3 is 9.64 Å². The highest BCUT2D eigenvalue weighted by molar-refractivity contribution is 6.10. The summed E-state index contributed by atoms with van der Waals surface area (Å²) in [5.74, 6) is -0.0666. The molecule has 0 saturated carbocycles. The second kappa shape index (κ2) is 3.79. The van der Waals surface area contributed by atoms with Crippen molar-refractivity contribution in [1.29, 1.82) is 0 Å². The monoisotopic (exact) mass is 266 g/mol. The molecule has 106 valence electrons. The maximum Gasteiger partial charge on any atom is 0.238 e. The summed E-state index contributed by atoms with van der Waals surface area (Å²) in [6.07, 6.45) is 1.64. The molecule has 19 heavy (non-hydrogen) atoms. The van der Waals surface area contributed by atoms with E-state index in [0.29, 0.717) is 13.1 Å². The van der Waals surface area contributed by atoms with Gasteiger partial charge in [0.1, 0.15) is 0 Å². The highest BCUT2D eigenvalue weighted by Gasteiger charge is 2.76. The second-order valence-corrected chi connectivity index (χ2v) is 6.66. The molecular weight excluding hydrogens is 244 g/mol. The van der Waals surface area contributed by atoms with E-state index in [1.165, 1.54) is 4.90 Å². The van der Waals surface area contributed by atoms with Crippen LogP contribution >= 0.6 is 0 Å². The molecule has 3 fully saturated rings. The fourth-order valence-electron chi connectivity index (χ4n) is 4.03. The Kier molecular flexibility index (Phi) is 2.61. The van der Waals surface area contributed by atoms with E-state index in [4.69, 9.17) is 4.74 Å². The number of hydrogen-bond donors (Lipinski definition) is 0. The predicted octanol–water partition coefficient (Wildman–Crippen LogP) is 0.491. The van der Waals surface area contributed by atoms with Crippen LogP contribution in [0.2, 0.25) is 0 Å². The van der Waals surface area contributed by atoms with Gasteiger partial charge in [-0.25, -0.2) is 0 Å². The van der Waals surface area contributed by atoms with Crippen molar-refractivity contribution in [1.82, 2.24) is 9.80 Å². The van der Waals surface area contributed by atoms with E-state index in [2.05, 4.69) is 0 Å². The molecule has 0 aromatic heterocycles. The van der Waals surface area contributed by atoms with Crippen LogP contribution in [0, 0.1) is 10.8 Å². The Morgan fingerprint density at radius 3 is 2.05 bits per heavy atom. The molecule has 0 radical (unpaired) electrons. The van der Waals surface area contributed by atoms with E-state index < -0.39 is 10.8 Å². The number of ether oxygens (including phenoxy) is 1. The Balaban J connectivity index is 1.94. The van der Waals surface area contributed by atoms with Crippen LogP contribution in [0.25, 0.3) is 0 Å². The molecular formula is C14H22N2O3. The van der Waals surface area contributed by atoms with Gasteiger partial charge in [-0.15, -0.1) is 0 Å². The van der Waals surface area contributed by atoms with Gasteiger partial charge in [0.15, 0.2) is 0 Å². The summed E-state index contributed by atoms with van der Waals surface area (Å²) >= 11 is 0. The number of hydrogen-bond acceptors (Lipinski definition) is 4. The van der Waals surface area contributed by atoms with Crippen molar-refractivity contribution in [3.8, 4) is 0 Å². The molecule has 0 aliphatic carbocycles. The summed E-state index contributed by atoms with van der Waals surface area (Å²) < 4.78 is 5.88. The van der Waals surface area contributed by atoms with Gasteiger partial charge in [-0.3, -0.25) is 14.5 Å². The first-order chi connectivity index (χ1) is 8.83. The molecule has 3 heterocycles. The summed E-state index contributed by atoms with van der Waals surface area (Å²) in [7, 11) is 3.89. The van der Waals surface area contributed by atoms with Crippen LogP contribution in [0.1, 0.15) is 26.7 Å². The smallest absolute Gasteiger partial charge is 0.238 e. The summed E-state index contributed by atoms with van der Waals surface area (Å²) in [5.41, 5.74) is -1.31. The van der Waals surface area contributed by atoms with Gasteiger partial charge >= 0.3 is 0 Å². The maximum absolute atomic E-state index is 12.7. The number of imide groups is 1. The topological polar surface area (TPSA) is 49.9 Å². The largest absolute Gasteiger partial charge is 0.373 e. The van der Waals surface area contributed by atoms with Gasteiger partial charge in [-0.1, -0.05) is 0 Å². The van der Waals surface area contributed by atoms with E-state index in [9.17, 15) is 9.59 Å². The number of amides is 2. The second-order valence-electron chi connectivity index (χ2n) is 6.66. The first-order valence-corrected chi connectivity index (χ1v) is 7.00. The zero-order chi connectivity index (χ0) is 14.0. The predicted molar refractivity (Wildman–Crippen MR) is 69.4 cm³/mol. The van der Waals surface area contributed by atoms with Gasteiger partial charge in [-0.05, 0) is 40.8 Å². The third-order valence-corrected chi connectivity index (χ3v) is 5.54. The van der Waals surface area contributed by atoms with Gasteiger partial charge in [0.05, 0.1) is 23.0 Å². The van der Waals surface area contributed by atoms with Crippen LogP contribution in [0.3, 0.4) is 0 Å². The lowest BCUT2D eigenvalue weighted by Gasteiger charge is -2.36. The lowest BCUT2D eigenvalue weighted by atomic mass is 9.59. The zero-order valence-electron chi connectivity index (χ0n) is 12.1. The minimum absolute atomic E-state index is 0.0333. The average Bonchev–Trinajstić information content (AvgIpc) is 2.95. The Morgan fingerprint density at radius 2 is 1.63 bits per heavy atom. The molecule has 2 bridgehead atoms. The van der Waals surface area contributed by atoms with Crippen molar-refractivity contribution in [2.24, 2.45) is 10.8 Å². The minimum atomic E-state index is -0.653. The highest BCUT2D eigenvalue weighted by Crippen LogP contribution is 2.64. The molecule has 5 heteroatoms. The standard InChI is InChI=1S/C14H22N2O3/c1-13-9-5-6-10(19-9)14(13,2)12(18)16(11(13)17)8-7-15(3)4/h9-10H,5-8H2,1-4H3/t9-,10-,13+,14+/m0/s1. The van der Waals surface area contributed by atoms with Gasteiger partial charge in [0, 0.05) is 13.1 Å². The molecule has 5 nitrogen and oxygen atoms in total. The molecule has 3 aliphatic heterocycles.